The second-order valence-electron chi connectivity index (χ2n) is 6.99. The second-order valence-corrected chi connectivity index (χ2v) is 6.99. The molecule has 6 heteroatoms. The zero-order chi connectivity index (χ0) is 22.3. The van der Waals surface area contributed by atoms with Crippen molar-refractivity contribution in [2.75, 3.05) is 6.61 Å². The van der Waals surface area contributed by atoms with Crippen molar-refractivity contribution in [1.82, 2.24) is 4.98 Å². The van der Waals surface area contributed by atoms with Crippen LogP contribution in [0.4, 0.5) is 13.2 Å². The van der Waals surface area contributed by atoms with Crippen LogP contribution in [0, 0.1) is 0 Å². The van der Waals surface area contributed by atoms with Gasteiger partial charge in [-0.2, -0.15) is 13.2 Å². The van der Waals surface area contributed by atoms with E-state index in [0.29, 0.717) is 24.1 Å². The monoisotopic (exact) mass is 427 g/mol. The number of nitrogens with zero attached hydrogens (tertiary/aromatic N) is 1. The summed E-state index contributed by atoms with van der Waals surface area (Å²) >= 11 is 0. The highest BCUT2D eigenvalue weighted by molar-refractivity contribution is 5.77. The average Bonchev–Trinajstić information content (AvgIpc) is 3.15. The molecule has 0 amide bonds. The normalized spacial score (nSPS) is 12.6. The zero-order valence-electron chi connectivity index (χ0n) is 17.3. The molecule has 0 fully saturated rings. The molecule has 0 unspecified atom stereocenters. The molecular formula is C25H24F3NO2. The summed E-state index contributed by atoms with van der Waals surface area (Å²) in [5, 5.41) is 0. The predicted molar refractivity (Wildman–Crippen MR) is 117 cm³/mol. The van der Waals surface area contributed by atoms with Crippen molar-refractivity contribution >= 4 is 17.2 Å². The van der Waals surface area contributed by atoms with E-state index in [-0.39, 0.29) is 5.89 Å². The molecule has 0 N–H and O–H groups in total. The molecule has 3 rings (SSSR count). The number of benzene rings is 2. The van der Waals surface area contributed by atoms with Gasteiger partial charge in [0.2, 0.25) is 5.89 Å². The van der Waals surface area contributed by atoms with Crippen LogP contribution in [-0.2, 0) is 12.8 Å². The maximum Gasteiger partial charge on any atom is 0.416 e. The number of halogens is 3. The molecule has 3 nitrogen and oxygen atoms in total. The summed E-state index contributed by atoms with van der Waals surface area (Å²) in [4.78, 5) is 4.41. The van der Waals surface area contributed by atoms with Crippen LogP contribution in [0.2, 0.25) is 0 Å². The minimum Gasteiger partial charge on any atom is -0.493 e. The number of fused-ring (bicyclic) bond motifs is 1. The first-order valence-electron chi connectivity index (χ1n) is 10.1. The number of hydrogen-bond acceptors (Lipinski definition) is 3. The van der Waals surface area contributed by atoms with Gasteiger partial charge in [-0.25, -0.2) is 4.98 Å². The minimum absolute atomic E-state index is 0.233. The highest BCUT2D eigenvalue weighted by Gasteiger charge is 2.30. The molecule has 1 heterocycles. The number of oxazole rings is 1. The third-order valence-corrected chi connectivity index (χ3v) is 4.68. The number of allylic oxidation sites excluding steroid dienone is 4. The maximum atomic E-state index is 12.7. The number of para-hydroxylation sites is 1. The Hall–Kier alpha value is -3.28. The van der Waals surface area contributed by atoms with Crippen LogP contribution in [0.5, 0.6) is 5.75 Å². The van der Waals surface area contributed by atoms with Crippen molar-refractivity contribution in [2.24, 2.45) is 0 Å². The highest BCUT2D eigenvalue weighted by Crippen LogP contribution is 2.26. The Morgan fingerprint density at radius 3 is 2.58 bits per heavy atom. The third-order valence-electron chi connectivity index (χ3n) is 4.68. The van der Waals surface area contributed by atoms with Crippen molar-refractivity contribution in [2.45, 2.75) is 32.4 Å². The van der Waals surface area contributed by atoms with Gasteiger partial charge >= 0.3 is 6.18 Å². The fourth-order valence-corrected chi connectivity index (χ4v) is 3.13. The van der Waals surface area contributed by atoms with Crippen molar-refractivity contribution in [1.29, 1.82) is 0 Å². The number of hydrogen-bond donors (Lipinski definition) is 0. The van der Waals surface area contributed by atoms with E-state index in [1.165, 1.54) is 17.7 Å². The van der Waals surface area contributed by atoms with E-state index in [1.54, 1.807) is 6.07 Å². The second kappa shape index (κ2) is 10.2. The van der Waals surface area contributed by atoms with Crippen LogP contribution >= 0.6 is 0 Å². The quantitative estimate of drug-likeness (QED) is 0.342. The Balaban J connectivity index is 1.67. The van der Waals surface area contributed by atoms with E-state index in [4.69, 9.17) is 9.15 Å². The lowest BCUT2D eigenvalue weighted by Gasteiger charge is -2.07. The Labute approximate surface area is 179 Å². The molecule has 1 aromatic heterocycles. The van der Waals surface area contributed by atoms with Gasteiger partial charge in [0.1, 0.15) is 11.3 Å². The zero-order valence-corrected chi connectivity index (χ0v) is 17.3. The molecule has 0 saturated carbocycles. The van der Waals surface area contributed by atoms with Crippen molar-refractivity contribution in [3.05, 3.63) is 89.9 Å². The standard InChI is InChI=1S/C25H24F3NO2/c1-3-7-18-12-14-21(15-13-18)30-17-16-19-8-5-10-22-24(19)29-23(31-22)11-6-9-20(4-2)25(26,27)28/h4-6,8-15H,2-3,7,16-17H2,1H3/b11-6+,20-9+. The average molecular weight is 427 g/mol. The molecule has 0 aliphatic rings. The molecule has 3 aromatic rings. The lowest BCUT2D eigenvalue weighted by atomic mass is 10.1. The minimum atomic E-state index is -4.45. The van der Waals surface area contributed by atoms with E-state index in [0.717, 1.165) is 36.3 Å². The van der Waals surface area contributed by atoms with Crippen LogP contribution in [0.3, 0.4) is 0 Å². The Kier molecular flexibility index (Phi) is 7.34. The van der Waals surface area contributed by atoms with E-state index < -0.39 is 11.7 Å². The predicted octanol–water partition coefficient (Wildman–Crippen LogP) is 7.09. The smallest absolute Gasteiger partial charge is 0.416 e. The summed E-state index contributed by atoms with van der Waals surface area (Å²) < 4.78 is 49.7. The van der Waals surface area contributed by atoms with E-state index in [9.17, 15) is 13.2 Å². The summed E-state index contributed by atoms with van der Waals surface area (Å²) in [5.41, 5.74) is 2.65. The summed E-state index contributed by atoms with van der Waals surface area (Å²) in [6.45, 7) is 5.81. The van der Waals surface area contributed by atoms with Crippen LogP contribution in [0.25, 0.3) is 17.2 Å². The molecule has 0 atom stereocenters. The summed E-state index contributed by atoms with van der Waals surface area (Å²) in [6, 6.07) is 13.6. The molecule has 162 valence electrons. The Morgan fingerprint density at radius 1 is 1.13 bits per heavy atom. The van der Waals surface area contributed by atoms with Crippen LogP contribution in [0.1, 0.15) is 30.4 Å². The van der Waals surface area contributed by atoms with Gasteiger partial charge in [-0.3, -0.25) is 0 Å². The summed E-state index contributed by atoms with van der Waals surface area (Å²) in [6.07, 6.45) is 2.68. The molecule has 0 spiro atoms. The largest absolute Gasteiger partial charge is 0.493 e. The van der Waals surface area contributed by atoms with E-state index >= 15 is 0 Å². The van der Waals surface area contributed by atoms with Crippen LogP contribution < -0.4 is 4.74 Å². The van der Waals surface area contributed by atoms with Gasteiger partial charge in [-0.15, -0.1) is 0 Å². The maximum absolute atomic E-state index is 12.7. The van der Waals surface area contributed by atoms with Gasteiger partial charge in [0.25, 0.3) is 0 Å². The SMILES string of the molecule is C=C/C(=C\C=C\c1nc2c(CCOc3ccc(CCC)cc3)cccc2o1)C(F)(F)F. The van der Waals surface area contributed by atoms with Gasteiger partial charge in [-0.05, 0) is 41.8 Å². The highest BCUT2D eigenvalue weighted by atomic mass is 19.4. The molecule has 0 saturated heterocycles. The van der Waals surface area contributed by atoms with Crippen LogP contribution in [0.15, 0.2) is 77.3 Å². The van der Waals surface area contributed by atoms with Gasteiger partial charge in [0, 0.05) is 12.5 Å². The number of alkyl halides is 3. The Bertz CT molecular complexity index is 1080. The Morgan fingerprint density at radius 2 is 1.90 bits per heavy atom. The molecule has 2 aromatic carbocycles. The van der Waals surface area contributed by atoms with Gasteiger partial charge in [-0.1, -0.05) is 56.3 Å². The summed E-state index contributed by atoms with van der Waals surface area (Å²) in [5.74, 6) is 1.04. The van der Waals surface area contributed by atoms with Gasteiger partial charge in [0.05, 0.1) is 12.2 Å². The molecule has 0 bridgehead atoms. The van der Waals surface area contributed by atoms with E-state index in [2.05, 4.69) is 30.6 Å². The van der Waals surface area contributed by atoms with E-state index in [1.807, 2.05) is 24.3 Å². The first kappa shape index (κ1) is 22.4. The third kappa shape index (κ3) is 6.10. The van der Waals surface area contributed by atoms with Crippen LogP contribution in [-0.4, -0.2) is 17.8 Å². The summed E-state index contributed by atoms with van der Waals surface area (Å²) in [7, 11) is 0. The molecule has 0 aliphatic heterocycles. The lowest BCUT2D eigenvalue weighted by Crippen LogP contribution is -2.09. The van der Waals surface area contributed by atoms with Gasteiger partial charge < -0.3 is 9.15 Å². The fourth-order valence-electron chi connectivity index (χ4n) is 3.13. The number of aromatic nitrogens is 1. The molecule has 0 aliphatic carbocycles. The number of aryl methyl sites for hydroxylation is 1. The molecule has 0 radical (unpaired) electrons. The fraction of sp³-hybridized carbons (Fsp3) is 0.240. The van der Waals surface area contributed by atoms with Crippen molar-refractivity contribution in [3.8, 4) is 5.75 Å². The van der Waals surface area contributed by atoms with Crippen molar-refractivity contribution in [3.63, 3.8) is 0 Å². The lowest BCUT2D eigenvalue weighted by molar-refractivity contribution is -0.0881. The molecular weight excluding hydrogens is 403 g/mol. The number of ether oxygens (including phenoxy) is 1. The first-order valence-corrected chi connectivity index (χ1v) is 10.1. The molecule has 31 heavy (non-hydrogen) atoms. The number of rotatable bonds is 9. The first-order chi connectivity index (χ1) is 14.9. The topological polar surface area (TPSA) is 35.3 Å². The van der Waals surface area contributed by atoms with Gasteiger partial charge in [0.15, 0.2) is 5.58 Å². The van der Waals surface area contributed by atoms with Crippen molar-refractivity contribution < 1.29 is 22.3 Å².